The van der Waals surface area contributed by atoms with Gasteiger partial charge < -0.3 is 25.0 Å². The number of benzene rings is 1. The van der Waals surface area contributed by atoms with Crippen LogP contribution < -0.4 is 20.3 Å². The van der Waals surface area contributed by atoms with Gasteiger partial charge in [-0.25, -0.2) is 14.8 Å². The monoisotopic (exact) mass is 411 g/mol. The number of halogens is 3. The molecule has 0 spiro atoms. The minimum Gasteiger partial charge on any atom is -0.404 e. The van der Waals surface area contributed by atoms with Crippen LogP contribution in [0.4, 0.5) is 35.3 Å². The summed E-state index contributed by atoms with van der Waals surface area (Å²) in [5.41, 5.74) is 1.33. The fraction of sp³-hybridized carbons (Fsp3) is 0.389. The van der Waals surface area contributed by atoms with Crippen molar-refractivity contribution < 1.29 is 27.4 Å². The molecule has 0 aliphatic carbocycles. The first kappa shape index (κ1) is 20.6. The second-order valence-electron chi connectivity index (χ2n) is 6.29. The minimum absolute atomic E-state index is 0.122. The molecule has 1 aromatic heterocycles. The molecule has 0 atom stereocenters. The molecule has 2 amide bonds. The van der Waals surface area contributed by atoms with Gasteiger partial charge in [0.2, 0.25) is 5.95 Å². The molecule has 0 radical (unpaired) electrons. The molecule has 1 saturated heterocycles. The number of carbonyl (C=O) groups excluding carboxylic acids is 1. The van der Waals surface area contributed by atoms with E-state index in [4.69, 9.17) is 4.74 Å². The van der Waals surface area contributed by atoms with Crippen molar-refractivity contribution in [2.75, 3.05) is 41.8 Å². The lowest BCUT2D eigenvalue weighted by molar-refractivity contribution is -0.274. The number of hydrogen-bond donors (Lipinski definition) is 2. The van der Waals surface area contributed by atoms with E-state index in [2.05, 4.69) is 25.3 Å². The number of hydrogen-bond acceptors (Lipinski definition) is 6. The third-order valence-corrected chi connectivity index (χ3v) is 4.15. The number of alkyl halides is 3. The molecule has 29 heavy (non-hydrogen) atoms. The molecule has 2 heterocycles. The van der Waals surface area contributed by atoms with Gasteiger partial charge >= 0.3 is 12.4 Å². The normalized spacial score (nSPS) is 14.4. The number of nitrogens with one attached hydrogen (secondary N) is 2. The topological polar surface area (TPSA) is 88.6 Å². The van der Waals surface area contributed by atoms with Crippen molar-refractivity contribution in [2.45, 2.75) is 20.2 Å². The summed E-state index contributed by atoms with van der Waals surface area (Å²) in [7, 11) is 0. The zero-order chi connectivity index (χ0) is 21.0. The molecular weight excluding hydrogens is 391 g/mol. The SMILES string of the molecule is Cc1nc(N2CCOCC2)nc(C)c1NC(=O)Nc1ccccc1OC(F)(F)F. The summed E-state index contributed by atoms with van der Waals surface area (Å²) in [5, 5.41) is 4.95. The maximum absolute atomic E-state index is 12.5. The van der Waals surface area contributed by atoms with Gasteiger partial charge in [0, 0.05) is 13.1 Å². The van der Waals surface area contributed by atoms with Crippen LogP contribution in [0.2, 0.25) is 0 Å². The predicted molar refractivity (Wildman–Crippen MR) is 100 cm³/mol. The smallest absolute Gasteiger partial charge is 0.404 e. The molecule has 1 aliphatic heterocycles. The summed E-state index contributed by atoms with van der Waals surface area (Å²) in [6.07, 6.45) is -4.87. The summed E-state index contributed by atoms with van der Waals surface area (Å²) in [6, 6.07) is 4.53. The molecule has 0 saturated carbocycles. The van der Waals surface area contributed by atoms with Crippen LogP contribution >= 0.6 is 0 Å². The van der Waals surface area contributed by atoms with Crippen LogP contribution in [0, 0.1) is 13.8 Å². The van der Waals surface area contributed by atoms with Crippen LogP contribution in [0.5, 0.6) is 5.75 Å². The van der Waals surface area contributed by atoms with Gasteiger partial charge in [0.15, 0.2) is 5.75 Å². The summed E-state index contributed by atoms with van der Waals surface area (Å²) in [4.78, 5) is 23.2. The van der Waals surface area contributed by atoms with Crippen molar-refractivity contribution in [2.24, 2.45) is 0 Å². The number of carbonyl (C=O) groups is 1. The van der Waals surface area contributed by atoms with Gasteiger partial charge in [-0.3, -0.25) is 0 Å². The fourth-order valence-electron chi connectivity index (χ4n) is 2.83. The molecule has 2 N–H and O–H groups in total. The van der Waals surface area contributed by atoms with Crippen LogP contribution in [0.1, 0.15) is 11.4 Å². The molecule has 0 bridgehead atoms. The van der Waals surface area contributed by atoms with Crippen molar-refractivity contribution in [1.29, 1.82) is 0 Å². The van der Waals surface area contributed by atoms with Crippen LogP contribution in [0.3, 0.4) is 0 Å². The number of amides is 2. The lowest BCUT2D eigenvalue weighted by Crippen LogP contribution is -2.37. The summed E-state index contributed by atoms with van der Waals surface area (Å²) in [5.74, 6) is 0.0284. The van der Waals surface area contributed by atoms with E-state index in [1.165, 1.54) is 18.2 Å². The first-order chi connectivity index (χ1) is 13.7. The molecule has 1 fully saturated rings. The fourth-order valence-corrected chi connectivity index (χ4v) is 2.83. The van der Waals surface area contributed by atoms with Gasteiger partial charge in [0.25, 0.3) is 0 Å². The maximum Gasteiger partial charge on any atom is 0.573 e. The van der Waals surface area contributed by atoms with E-state index in [1.807, 2.05) is 4.90 Å². The lowest BCUT2D eigenvalue weighted by atomic mass is 10.2. The molecule has 1 aromatic carbocycles. The Morgan fingerprint density at radius 3 is 2.34 bits per heavy atom. The first-order valence-corrected chi connectivity index (χ1v) is 8.83. The van der Waals surface area contributed by atoms with Crippen molar-refractivity contribution in [3.63, 3.8) is 0 Å². The van der Waals surface area contributed by atoms with Gasteiger partial charge in [-0.2, -0.15) is 0 Å². The molecule has 8 nitrogen and oxygen atoms in total. The molecular formula is C18H20F3N5O3. The lowest BCUT2D eigenvalue weighted by Gasteiger charge is -2.27. The molecule has 2 aromatic rings. The van der Waals surface area contributed by atoms with Gasteiger partial charge in [0.05, 0.1) is 36.0 Å². The number of anilines is 3. The summed E-state index contributed by atoms with van der Waals surface area (Å²) >= 11 is 0. The van der Waals surface area contributed by atoms with E-state index in [1.54, 1.807) is 13.8 Å². The highest BCUT2D eigenvalue weighted by atomic mass is 19.4. The van der Waals surface area contributed by atoms with E-state index in [-0.39, 0.29) is 5.69 Å². The number of morpholine rings is 1. The number of rotatable bonds is 4. The Morgan fingerprint density at radius 1 is 1.10 bits per heavy atom. The molecule has 156 valence electrons. The van der Waals surface area contributed by atoms with E-state index >= 15 is 0 Å². The van der Waals surface area contributed by atoms with Gasteiger partial charge in [-0.15, -0.1) is 13.2 Å². The quantitative estimate of drug-likeness (QED) is 0.801. The van der Waals surface area contributed by atoms with Crippen LogP contribution in [-0.4, -0.2) is 48.7 Å². The van der Waals surface area contributed by atoms with Gasteiger partial charge in [-0.1, -0.05) is 12.1 Å². The first-order valence-electron chi connectivity index (χ1n) is 8.83. The Morgan fingerprint density at radius 2 is 1.72 bits per heavy atom. The number of para-hydroxylation sites is 2. The van der Waals surface area contributed by atoms with Gasteiger partial charge in [0.1, 0.15) is 0 Å². The molecule has 0 unspecified atom stereocenters. The number of ether oxygens (including phenoxy) is 2. The standard InChI is InChI=1S/C18H20F3N5O3/c1-11-15(12(2)23-16(22-11)26-7-9-28-10-8-26)25-17(27)24-13-5-3-4-6-14(13)29-18(19,20)21/h3-6H,7-10H2,1-2H3,(H2,24,25,27). The largest absolute Gasteiger partial charge is 0.573 e. The third kappa shape index (κ3) is 5.47. The van der Waals surface area contributed by atoms with E-state index in [0.717, 1.165) is 6.07 Å². The van der Waals surface area contributed by atoms with Crippen LogP contribution in [0.25, 0.3) is 0 Å². The van der Waals surface area contributed by atoms with E-state index < -0.39 is 18.1 Å². The molecule has 1 aliphatic rings. The van der Waals surface area contributed by atoms with Gasteiger partial charge in [-0.05, 0) is 26.0 Å². The number of nitrogens with zero attached hydrogens (tertiary/aromatic N) is 3. The Labute approximate surface area is 165 Å². The number of urea groups is 1. The van der Waals surface area contributed by atoms with Crippen LogP contribution in [0.15, 0.2) is 24.3 Å². The minimum atomic E-state index is -4.87. The Balaban J connectivity index is 1.73. The van der Waals surface area contributed by atoms with Crippen LogP contribution in [-0.2, 0) is 4.74 Å². The second-order valence-corrected chi connectivity index (χ2v) is 6.29. The highest BCUT2D eigenvalue weighted by Gasteiger charge is 2.32. The third-order valence-electron chi connectivity index (χ3n) is 4.15. The average Bonchev–Trinajstić information content (AvgIpc) is 2.66. The summed E-state index contributed by atoms with van der Waals surface area (Å²) < 4.78 is 46.8. The zero-order valence-electron chi connectivity index (χ0n) is 15.8. The van der Waals surface area contributed by atoms with E-state index in [9.17, 15) is 18.0 Å². The van der Waals surface area contributed by atoms with E-state index in [0.29, 0.717) is 49.3 Å². The number of aromatic nitrogens is 2. The maximum atomic E-state index is 12.5. The number of aryl methyl sites for hydroxylation is 2. The van der Waals surface area contributed by atoms with Crippen molar-refractivity contribution in [3.05, 3.63) is 35.7 Å². The Hall–Kier alpha value is -3.08. The predicted octanol–water partition coefficient (Wildman–Crippen LogP) is 3.47. The Bertz CT molecular complexity index is 862. The summed E-state index contributed by atoms with van der Waals surface area (Å²) in [6.45, 7) is 5.95. The second kappa shape index (κ2) is 8.52. The van der Waals surface area contributed by atoms with Crippen molar-refractivity contribution in [3.8, 4) is 5.75 Å². The Kier molecular flexibility index (Phi) is 6.06. The zero-order valence-corrected chi connectivity index (χ0v) is 15.8. The molecule has 3 rings (SSSR count). The highest BCUT2D eigenvalue weighted by molar-refractivity contribution is 6.01. The van der Waals surface area contributed by atoms with Crippen molar-refractivity contribution >= 4 is 23.4 Å². The van der Waals surface area contributed by atoms with Crippen molar-refractivity contribution in [1.82, 2.24) is 9.97 Å². The average molecular weight is 411 g/mol. The molecule has 11 heteroatoms. The highest BCUT2D eigenvalue weighted by Crippen LogP contribution is 2.30.